The zero-order chi connectivity index (χ0) is 24.6. The Kier molecular flexibility index (Phi) is 7.15. The van der Waals surface area contributed by atoms with E-state index in [2.05, 4.69) is 0 Å². The van der Waals surface area contributed by atoms with E-state index in [-0.39, 0.29) is 5.05 Å². The fourth-order valence-electron chi connectivity index (χ4n) is 3.78. The van der Waals surface area contributed by atoms with Crippen LogP contribution in [0, 0.1) is 0 Å². The maximum absolute atomic E-state index is 12.6. The van der Waals surface area contributed by atoms with Crippen LogP contribution in [-0.4, -0.2) is 83.9 Å². The summed E-state index contributed by atoms with van der Waals surface area (Å²) in [4.78, 5) is 49.5. The lowest BCUT2D eigenvalue weighted by molar-refractivity contribution is -0.360. The molecule has 1 aliphatic rings. The zero-order valence-corrected chi connectivity index (χ0v) is 18.6. The van der Waals surface area contributed by atoms with Crippen molar-refractivity contribution in [3.63, 3.8) is 0 Å². The molecule has 1 aromatic carbocycles. The SMILES string of the molecule is CC(=O)C(O)[C@H]1O[C@@H](OC(=S)c2ccccc2)[C@@](O)(C(C)=O)[C@](O)(C(C)=O)[C@]1(O)C(C)=O. The van der Waals surface area contributed by atoms with Crippen LogP contribution in [0.3, 0.4) is 0 Å². The van der Waals surface area contributed by atoms with Gasteiger partial charge in [-0.3, -0.25) is 19.2 Å². The summed E-state index contributed by atoms with van der Waals surface area (Å²) in [7, 11) is 0. The van der Waals surface area contributed by atoms with Gasteiger partial charge in [0.2, 0.25) is 17.5 Å². The molecule has 2 rings (SSSR count). The molecule has 1 heterocycles. The molecule has 6 atom stereocenters. The molecule has 0 aromatic heterocycles. The summed E-state index contributed by atoms with van der Waals surface area (Å²) in [5.41, 5.74) is -10.0. The average molecular weight is 468 g/mol. The van der Waals surface area contributed by atoms with Gasteiger partial charge < -0.3 is 29.9 Å². The van der Waals surface area contributed by atoms with Crippen LogP contribution in [0.4, 0.5) is 0 Å². The number of ether oxygens (including phenoxy) is 2. The lowest BCUT2D eigenvalue weighted by Gasteiger charge is -2.57. The number of aliphatic hydroxyl groups excluding tert-OH is 1. The maximum Gasteiger partial charge on any atom is 0.241 e. The van der Waals surface area contributed by atoms with Gasteiger partial charge in [-0.15, -0.1) is 0 Å². The molecule has 1 fully saturated rings. The van der Waals surface area contributed by atoms with E-state index in [4.69, 9.17) is 21.7 Å². The van der Waals surface area contributed by atoms with E-state index in [1.165, 1.54) is 12.1 Å². The van der Waals surface area contributed by atoms with Gasteiger partial charge in [-0.05, 0) is 39.9 Å². The summed E-state index contributed by atoms with van der Waals surface area (Å²) in [6, 6.07) is 7.92. The van der Waals surface area contributed by atoms with E-state index < -0.39 is 58.4 Å². The zero-order valence-electron chi connectivity index (χ0n) is 17.8. The normalized spacial score (nSPS) is 33.1. The van der Waals surface area contributed by atoms with Crippen LogP contribution in [0.15, 0.2) is 30.3 Å². The molecule has 11 heteroatoms. The Morgan fingerprint density at radius 3 is 1.84 bits per heavy atom. The lowest BCUT2D eigenvalue weighted by atomic mass is 9.60. The summed E-state index contributed by atoms with van der Waals surface area (Å²) in [5, 5.41) is 43.9. The number of rotatable bonds is 7. The fourth-order valence-corrected chi connectivity index (χ4v) is 4.00. The summed E-state index contributed by atoms with van der Waals surface area (Å²) in [5.74, 6) is -5.09. The number of carbonyl (C=O) groups is 4. The van der Waals surface area contributed by atoms with E-state index in [9.17, 15) is 39.6 Å². The highest BCUT2D eigenvalue weighted by atomic mass is 32.1. The molecule has 0 aliphatic carbocycles. The van der Waals surface area contributed by atoms with Crippen LogP contribution >= 0.6 is 12.2 Å². The second kappa shape index (κ2) is 8.85. The fraction of sp³-hybridized carbons (Fsp3) is 0.476. The topological polar surface area (TPSA) is 168 Å². The molecule has 32 heavy (non-hydrogen) atoms. The minimum Gasteiger partial charge on any atom is -0.450 e. The standard InChI is InChI=1S/C21H24O10S/c1-10(22)15(26)16-19(27,11(2)23)21(29,13(4)25)20(28,12(3)24)18(30-16)31-17(32)14-8-6-5-7-9-14/h5-9,15-16,18,26-29H,1-4H3/t15?,16-,18+,19+,20+,21+/m1/s1. The molecule has 10 nitrogen and oxygen atoms in total. The third-order valence-electron chi connectivity index (χ3n) is 5.64. The number of benzene rings is 1. The lowest BCUT2D eigenvalue weighted by Crippen LogP contribution is -2.87. The quantitative estimate of drug-likeness (QED) is 0.363. The first-order valence-electron chi connectivity index (χ1n) is 9.47. The van der Waals surface area contributed by atoms with Gasteiger partial charge in [0.15, 0.2) is 33.8 Å². The van der Waals surface area contributed by atoms with Gasteiger partial charge in [-0.2, -0.15) is 0 Å². The second-order valence-corrected chi connectivity index (χ2v) is 8.00. The van der Waals surface area contributed by atoms with E-state index in [0.29, 0.717) is 12.5 Å². The minimum atomic E-state index is -3.58. The van der Waals surface area contributed by atoms with Crippen molar-refractivity contribution in [3.8, 4) is 0 Å². The Labute approximate surface area is 188 Å². The molecule has 4 N–H and O–H groups in total. The van der Waals surface area contributed by atoms with E-state index in [1.54, 1.807) is 18.2 Å². The Morgan fingerprint density at radius 1 is 0.938 bits per heavy atom. The molecule has 1 aliphatic heterocycles. The molecule has 0 bridgehead atoms. The maximum atomic E-state index is 12.6. The number of Topliss-reactive ketones (excluding diaryl/α,β-unsaturated/α-hetero) is 4. The Bertz CT molecular complexity index is 963. The average Bonchev–Trinajstić information content (AvgIpc) is 2.73. The van der Waals surface area contributed by atoms with E-state index in [0.717, 1.165) is 20.8 Å². The summed E-state index contributed by atoms with van der Waals surface area (Å²) >= 11 is 5.15. The monoisotopic (exact) mass is 468 g/mol. The van der Waals surface area contributed by atoms with Crippen LogP contribution in [0.2, 0.25) is 0 Å². The highest BCUT2D eigenvalue weighted by molar-refractivity contribution is 7.80. The summed E-state index contributed by atoms with van der Waals surface area (Å²) in [6.07, 6.45) is -6.84. The van der Waals surface area contributed by atoms with Gasteiger partial charge in [0.25, 0.3) is 0 Å². The Balaban J connectivity index is 2.78. The minimum absolute atomic E-state index is 0.291. The Hall–Kier alpha value is -2.41. The van der Waals surface area contributed by atoms with Crippen LogP contribution in [-0.2, 0) is 28.7 Å². The van der Waals surface area contributed by atoms with Gasteiger partial charge in [0.1, 0.15) is 12.2 Å². The van der Waals surface area contributed by atoms with Crippen LogP contribution in [0.25, 0.3) is 0 Å². The molecule has 0 radical (unpaired) electrons. The first-order valence-corrected chi connectivity index (χ1v) is 9.88. The third kappa shape index (κ3) is 3.60. The van der Waals surface area contributed by atoms with Crippen molar-refractivity contribution in [2.75, 3.05) is 0 Å². The van der Waals surface area contributed by atoms with Crippen molar-refractivity contribution in [2.45, 2.75) is 63.0 Å². The smallest absolute Gasteiger partial charge is 0.241 e. The van der Waals surface area contributed by atoms with E-state index in [1.807, 2.05) is 0 Å². The van der Waals surface area contributed by atoms with Crippen molar-refractivity contribution in [1.82, 2.24) is 0 Å². The largest absolute Gasteiger partial charge is 0.450 e. The second-order valence-electron chi connectivity index (χ2n) is 7.63. The molecule has 0 spiro atoms. The van der Waals surface area contributed by atoms with Crippen molar-refractivity contribution >= 4 is 40.4 Å². The molecule has 1 saturated heterocycles. The van der Waals surface area contributed by atoms with E-state index >= 15 is 0 Å². The van der Waals surface area contributed by atoms with Crippen molar-refractivity contribution in [3.05, 3.63) is 35.9 Å². The van der Waals surface area contributed by atoms with Gasteiger partial charge in [0.05, 0.1) is 0 Å². The number of hydrogen-bond acceptors (Lipinski definition) is 11. The highest BCUT2D eigenvalue weighted by Gasteiger charge is 2.80. The molecule has 0 saturated carbocycles. The number of aliphatic hydroxyl groups is 4. The van der Waals surface area contributed by atoms with Crippen molar-refractivity contribution < 1.29 is 49.1 Å². The van der Waals surface area contributed by atoms with Crippen molar-refractivity contribution in [1.29, 1.82) is 0 Å². The number of thiocarbonyl (C=S) groups is 1. The predicted molar refractivity (Wildman–Crippen MR) is 111 cm³/mol. The third-order valence-corrected chi connectivity index (χ3v) is 5.97. The molecular weight excluding hydrogens is 444 g/mol. The first-order chi connectivity index (χ1) is 14.7. The van der Waals surface area contributed by atoms with Gasteiger partial charge in [-0.25, -0.2) is 0 Å². The molecule has 0 amide bonds. The molecule has 1 aromatic rings. The summed E-state index contributed by atoms with van der Waals surface area (Å²) in [6.45, 7) is 3.10. The predicted octanol–water partition coefficient (Wildman–Crippen LogP) is -0.986. The number of carbonyl (C=O) groups excluding carboxylic acids is 4. The molecular formula is C21H24O10S. The highest BCUT2D eigenvalue weighted by Crippen LogP contribution is 2.48. The Morgan fingerprint density at radius 2 is 1.44 bits per heavy atom. The van der Waals surface area contributed by atoms with Crippen LogP contribution < -0.4 is 0 Å². The molecule has 174 valence electrons. The number of ketones is 4. The first kappa shape index (κ1) is 25.8. The van der Waals surface area contributed by atoms with Crippen LogP contribution in [0.5, 0.6) is 0 Å². The summed E-state index contributed by atoms with van der Waals surface area (Å²) < 4.78 is 10.8. The molecule has 1 unspecified atom stereocenters. The van der Waals surface area contributed by atoms with Gasteiger partial charge in [-0.1, -0.05) is 30.3 Å². The van der Waals surface area contributed by atoms with Crippen LogP contribution in [0.1, 0.15) is 33.3 Å². The van der Waals surface area contributed by atoms with Crippen molar-refractivity contribution in [2.24, 2.45) is 0 Å². The van der Waals surface area contributed by atoms with Gasteiger partial charge in [0, 0.05) is 5.56 Å². The van der Waals surface area contributed by atoms with Gasteiger partial charge >= 0.3 is 0 Å². The number of hydrogen-bond donors (Lipinski definition) is 4.